The van der Waals surface area contributed by atoms with E-state index in [1.807, 2.05) is 100 Å². The Hall–Kier alpha value is -12.1. The molecule has 8 N–H and O–H groups in total. The Bertz CT molecular complexity index is 5990. The van der Waals surface area contributed by atoms with Gasteiger partial charge in [0.2, 0.25) is 27.9 Å². The number of carboxylic acid groups (broad SMARTS) is 1. The molecule has 0 fully saturated rings. The largest absolute Gasteiger partial charge is 0.477 e. The van der Waals surface area contributed by atoms with Crippen LogP contribution in [0.3, 0.4) is 0 Å². The number of aromatic amines is 1. The van der Waals surface area contributed by atoms with Gasteiger partial charge in [-0.15, -0.1) is 0 Å². The van der Waals surface area contributed by atoms with Gasteiger partial charge in [-0.2, -0.15) is 0 Å². The number of ether oxygens (including phenoxy) is 2. The Morgan fingerprint density at radius 3 is 1.50 bits per heavy atom. The predicted molar refractivity (Wildman–Crippen MR) is 453 cm³/mol. The number of allylic oxidation sites excluding steroid dienone is 1. The van der Waals surface area contributed by atoms with Crippen molar-refractivity contribution in [3.63, 3.8) is 0 Å². The summed E-state index contributed by atoms with van der Waals surface area (Å²) in [6, 6.07) is 23.6. The van der Waals surface area contributed by atoms with E-state index in [0.29, 0.717) is 80.4 Å². The zero-order valence-electron chi connectivity index (χ0n) is 65.4. The summed E-state index contributed by atoms with van der Waals surface area (Å²) < 4.78 is 14.5. The monoisotopic (exact) mass is 1940 g/mol. The Balaban J connectivity index is 0.000000202. The van der Waals surface area contributed by atoms with Crippen LogP contribution >= 0.6 is 63.7 Å². The van der Waals surface area contributed by atoms with E-state index < -0.39 is 40.6 Å². The molecule has 33 nitrogen and oxygen atoms in total. The van der Waals surface area contributed by atoms with Gasteiger partial charge in [0.05, 0.1) is 90.1 Å². The molecule has 38 heteroatoms. The summed E-state index contributed by atoms with van der Waals surface area (Å²) in [5, 5.41) is 19.8. The molecule has 119 heavy (non-hydrogen) atoms. The number of nitrogen functional groups attached to an aromatic ring is 1. The average Bonchev–Trinajstić information content (AvgIpc) is 0.775. The number of nitrogens with two attached hydrogens (primary N) is 1. The molecule has 0 spiro atoms. The Morgan fingerprint density at radius 2 is 1.02 bits per heavy atom. The van der Waals surface area contributed by atoms with Crippen LogP contribution in [0.4, 0.5) is 11.4 Å². The fraction of sp³-hybridized carbons (Fsp3) is 0.210. The number of aryl methyl sites for hydroxylation is 6. The van der Waals surface area contributed by atoms with Gasteiger partial charge in [0.25, 0.3) is 17.7 Å². The molecule has 12 aromatic rings. The first-order valence-corrected chi connectivity index (χ1v) is 38.9. The molecule has 1 radical (unpaired) electrons. The number of Topliss-reactive ketones (excluding diaryl/α,β-unsaturated/α-hetero) is 1. The Labute approximate surface area is 738 Å². The Kier molecular flexibility index (Phi) is 36.5. The second-order valence-electron chi connectivity index (χ2n) is 25.1. The third-order valence-electron chi connectivity index (χ3n) is 16.4. The van der Waals surface area contributed by atoms with Crippen molar-refractivity contribution in [3.8, 4) is 11.8 Å². The average molecular weight is 1950 g/mol. The smallest absolute Gasteiger partial charge is 0.347 e. The fourth-order valence-corrected chi connectivity index (χ4v) is 11.3. The molecule has 9 heterocycles. The number of anilines is 2. The number of amides is 3. The van der Waals surface area contributed by atoms with E-state index in [0.717, 1.165) is 51.6 Å². The number of carbonyl (C=O) groups excluding carboxylic acids is 6. The van der Waals surface area contributed by atoms with E-state index in [9.17, 15) is 47.9 Å². The number of aromatic carboxylic acids is 1. The normalized spacial score (nSPS) is 10.7. The van der Waals surface area contributed by atoms with Crippen molar-refractivity contribution in [1.82, 2.24) is 89.9 Å². The van der Waals surface area contributed by atoms with Gasteiger partial charge in [-0.1, -0.05) is 108 Å². The minimum atomic E-state index is -1.28. The van der Waals surface area contributed by atoms with Gasteiger partial charge >= 0.3 is 17.9 Å². The maximum atomic E-state index is 12.8. The number of nitrogens with zero attached hydrogens (tertiary/aromatic N) is 14. The van der Waals surface area contributed by atoms with Crippen LogP contribution in [-0.2, 0) is 103 Å². The minimum Gasteiger partial charge on any atom is -0.477 e. The van der Waals surface area contributed by atoms with Gasteiger partial charge in [0.1, 0.15) is 44.8 Å². The molecule has 3 amide bonds. The SMILES string of the molecule is CC#Cc1ncc2c(n1)c(=O)c(C(=O)NCc1ccc(C)cc1)cn2C.CCCc1ncc2c(n1)c(=O)c(C(=O)NCc1ccc(C)cc1)cn2C.CCOC(=O)C(=CNc1cnc(Br)nc1)C(=O)OCC.Cc1ccc(CNC(=O)C2=CCc3cnc(Br)nc3C2=O)cc1.Nc1cnc(Br)nc1.O=C(O)c1c[nH]c2cnc(Br)nc2c1=O.[Y]. The zero-order chi connectivity index (χ0) is 85.7. The number of hydrogen-bond donors (Lipinski definition) is 7. The van der Waals surface area contributed by atoms with Gasteiger partial charge < -0.3 is 55.7 Å². The number of ketones is 1. The molecular weight excluding hydrogens is 1870 g/mol. The molecule has 0 saturated heterocycles. The molecule has 0 saturated carbocycles. The van der Waals surface area contributed by atoms with Gasteiger partial charge in [-0.3, -0.25) is 33.6 Å². The van der Waals surface area contributed by atoms with Gasteiger partial charge in [-0.25, -0.2) is 74.2 Å². The molecule has 0 atom stereocenters. The third-order valence-corrected chi connectivity index (χ3v) is 17.9. The number of pyridine rings is 3. The number of rotatable bonds is 18. The minimum absolute atomic E-state index is 0. The first-order chi connectivity index (χ1) is 56.5. The molecule has 3 aromatic carbocycles. The first-order valence-electron chi connectivity index (χ1n) is 35.7. The molecule has 0 bridgehead atoms. The molecule has 609 valence electrons. The number of fused-ring (bicyclic) bond motifs is 4. The third kappa shape index (κ3) is 27.5. The van der Waals surface area contributed by atoms with Crippen molar-refractivity contribution in [2.75, 3.05) is 24.3 Å². The van der Waals surface area contributed by atoms with E-state index in [2.05, 4.69) is 162 Å². The summed E-state index contributed by atoms with van der Waals surface area (Å²) in [6.07, 6.45) is 21.3. The van der Waals surface area contributed by atoms with E-state index in [4.69, 9.17) is 20.3 Å². The predicted octanol–water partition coefficient (Wildman–Crippen LogP) is 10.2. The van der Waals surface area contributed by atoms with E-state index >= 15 is 0 Å². The molecule has 13 rings (SSSR count). The van der Waals surface area contributed by atoms with Crippen LogP contribution in [0.1, 0.15) is 126 Å². The summed E-state index contributed by atoms with van der Waals surface area (Å²) in [7, 11) is 3.52. The topological polar surface area (TPSA) is 464 Å². The summed E-state index contributed by atoms with van der Waals surface area (Å²) in [6.45, 7) is 14.4. The van der Waals surface area contributed by atoms with E-state index in [1.165, 1.54) is 55.8 Å². The summed E-state index contributed by atoms with van der Waals surface area (Å²) in [4.78, 5) is 172. The quantitative estimate of drug-likeness (QED) is 0.0105. The van der Waals surface area contributed by atoms with Crippen LogP contribution in [0.5, 0.6) is 0 Å². The molecule has 1 aliphatic rings. The van der Waals surface area contributed by atoms with Crippen molar-refractivity contribution in [3.05, 3.63) is 287 Å². The second kappa shape index (κ2) is 46.2. The van der Waals surface area contributed by atoms with Crippen molar-refractivity contribution >= 4 is 150 Å². The maximum absolute atomic E-state index is 12.8. The number of esters is 2. The molecule has 0 aliphatic heterocycles. The molecular formula is C81H76Br4N20O13Y. The van der Waals surface area contributed by atoms with Crippen LogP contribution in [0.2, 0.25) is 0 Å². The maximum Gasteiger partial charge on any atom is 0.347 e. The van der Waals surface area contributed by atoms with Gasteiger partial charge in [0, 0.05) is 109 Å². The number of H-pyrrole nitrogens is 1. The van der Waals surface area contributed by atoms with E-state index in [-0.39, 0.29) is 124 Å². The van der Waals surface area contributed by atoms with Crippen molar-refractivity contribution in [1.29, 1.82) is 0 Å². The van der Waals surface area contributed by atoms with E-state index in [1.54, 1.807) is 62.5 Å². The standard InChI is InChI=1S/C20H22N4O2.C20H18N4O2.C17H14BrN3O2.C12H14BrN3O4.C8H4BrN3O3.C4H4BrN3.Y/c2*1-4-5-17-21-11-16-18(23-17)19(25)15(12-24(16)3)20(26)22-10-14-8-6-13(2)7-9-14;1-10-2-4-11(5-3-10)8-19-16(23)13-7-6-12-9-20-17(18)21-14(12)15(13)22;1-3-19-10(17)9(11(18)20-4-2)7-14-8-5-15-12(13)16-6-8;9-8-11-2-4-5(12-8)6(13)3(1-10-4)7(14)15;5-4-7-1-3(6)2-8-4;/h6-9,11-12H,4-5,10H2,1-3H3,(H,22,26);6-9,11-12H,10H2,1-3H3,(H,22,26);2-5,7,9H,6,8H2,1H3,(H,19,23);5-7,14H,3-4H2,1-2H3;1-2H,(H,10,13)(H,14,15);1-2H,6H2;. The van der Waals surface area contributed by atoms with Gasteiger partial charge in [-0.05, 0) is 141 Å². The first kappa shape index (κ1) is 94.1. The number of benzene rings is 3. The van der Waals surface area contributed by atoms with Crippen molar-refractivity contribution in [2.45, 2.75) is 87.4 Å². The number of aromatic nitrogens is 15. The van der Waals surface area contributed by atoms with Crippen molar-refractivity contribution in [2.24, 2.45) is 14.1 Å². The van der Waals surface area contributed by atoms with Crippen LogP contribution in [-0.4, -0.2) is 134 Å². The second-order valence-corrected chi connectivity index (χ2v) is 28.0. The van der Waals surface area contributed by atoms with Crippen LogP contribution in [0, 0.1) is 32.6 Å². The summed E-state index contributed by atoms with van der Waals surface area (Å²) in [5.41, 5.74) is 14.1. The number of carboxylic acids is 1. The Morgan fingerprint density at radius 1 is 0.563 bits per heavy atom. The molecule has 0 unspecified atom stereocenters. The van der Waals surface area contributed by atoms with Gasteiger partial charge in [0.15, 0.2) is 24.5 Å². The molecule has 9 aromatic heterocycles. The number of hydrogen-bond acceptors (Lipinski definition) is 26. The number of nitrogens with one attached hydrogen (secondary N) is 5. The van der Waals surface area contributed by atoms with Crippen LogP contribution in [0.15, 0.2) is 198 Å². The zero-order valence-corrected chi connectivity index (χ0v) is 74.5. The number of halogens is 4. The van der Waals surface area contributed by atoms with Crippen LogP contribution < -0.4 is 43.3 Å². The summed E-state index contributed by atoms with van der Waals surface area (Å²) >= 11 is 12.3. The molecule has 1 aliphatic carbocycles. The number of carbonyl (C=O) groups is 7. The summed E-state index contributed by atoms with van der Waals surface area (Å²) in [5.74, 6) is 1.93. The van der Waals surface area contributed by atoms with Crippen LogP contribution in [0.25, 0.3) is 33.1 Å². The fourth-order valence-electron chi connectivity index (χ4n) is 10.3. The van der Waals surface area contributed by atoms with Crippen molar-refractivity contribution < 1.29 is 80.9 Å².